The highest BCUT2D eigenvalue weighted by Crippen LogP contribution is 2.18. The standard InChI is InChI=1S/C19H27N3O2/c1-13(2)6-11-18-14(3)21-22(15(18)4)19(23)12-20-16-7-9-17(24-5)10-8-16/h7-10,13,20H,6,11-12H2,1-5H3. The number of ether oxygens (including phenoxy) is 1. The molecule has 2 aromatic rings. The lowest BCUT2D eigenvalue weighted by molar-refractivity contribution is 0.0910. The third kappa shape index (κ3) is 4.37. The predicted octanol–water partition coefficient (Wildman–Crippen LogP) is 3.85. The molecule has 0 atom stereocenters. The normalized spacial score (nSPS) is 10.9. The van der Waals surface area contributed by atoms with Gasteiger partial charge < -0.3 is 10.1 Å². The molecule has 1 heterocycles. The van der Waals surface area contributed by atoms with Crippen LogP contribution in [0.4, 0.5) is 5.69 Å². The fourth-order valence-corrected chi connectivity index (χ4v) is 2.67. The number of benzene rings is 1. The Balaban J connectivity index is 2.02. The topological polar surface area (TPSA) is 56.1 Å². The van der Waals surface area contributed by atoms with Gasteiger partial charge in [0.2, 0.25) is 0 Å². The molecule has 0 spiro atoms. The number of carbonyl (C=O) groups excluding carboxylic acids is 1. The molecule has 0 fully saturated rings. The summed E-state index contributed by atoms with van der Waals surface area (Å²) in [5.74, 6) is 1.38. The summed E-state index contributed by atoms with van der Waals surface area (Å²) >= 11 is 0. The summed E-state index contributed by atoms with van der Waals surface area (Å²) in [5, 5.41) is 7.57. The van der Waals surface area contributed by atoms with E-state index >= 15 is 0 Å². The van der Waals surface area contributed by atoms with Crippen LogP contribution in [0.5, 0.6) is 5.75 Å². The SMILES string of the molecule is COc1ccc(NCC(=O)n2nc(C)c(CCC(C)C)c2C)cc1. The Morgan fingerprint density at radius 3 is 2.50 bits per heavy atom. The summed E-state index contributed by atoms with van der Waals surface area (Å²) in [6, 6.07) is 7.50. The second-order valence-corrected chi connectivity index (χ2v) is 6.47. The van der Waals surface area contributed by atoms with Crippen molar-refractivity contribution in [3.8, 4) is 5.75 Å². The van der Waals surface area contributed by atoms with Gasteiger partial charge in [0.1, 0.15) is 5.75 Å². The molecule has 130 valence electrons. The van der Waals surface area contributed by atoms with Gasteiger partial charge >= 0.3 is 0 Å². The van der Waals surface area contributed by atoms with E-state index in [2.05, 4.69) is 24.3 Å². The van der Waals surface area contributed by atoms with Gasteiger partial charge in [0, 0.05) is 11.4 Å². The number of carbonyl (C=O) groups is 1. The van der Waals surface area contributed by atoms with E-state index in [1.54, 1.807) is 7.11 Å². The molecular weight excluding hydrogens is 302 g/mol. The Labute approximate surface area is 144 Å². The summed E-state index contributed by atoms with van der Waals surface area (Å²) in [4.78, 5) is 12.5. The zero-order chi connectivity index (χ0) is 17.7. The van der Waals surface area contributed by atoms with Gasteiger partial charge in [0.15, 0.2) is 0 Å². The van der Waals surface area contributed by atoms with Crippen LogP contribution in [-0.4, -0.2) is 29.3 Å². The van der Waals surface area contributed by atoms with Gasteiger partial charge in [-0.2, -0.15) is 5.10 Å². The van der Waals surface area contributed by atoms with Gasteiger partial charge in [-0.25, -0.2) is 4.68 Å². The van der Waals surface area contributed by atoms with Crippen LogP contribution in [0, 0.1) is 19.8 Å². The molecule has 24 heavy (non-hydrogen) atoms. The van der Waals surface area contributed by atoms with E-state index in [0.717, 1.165) is 35.7 Å². The van der Waals surface area contributed by atoms with Crippen molar-refractivity contribution in [2.45, 2.75) is 40.5 Å². The lowest BCUT2D eigenvalue weighted by atomic mass is 10.0. The first-order valence-electron chi connectivity index (χ1n) is 8.38. The van der Waals surface area contributed by atoms with Crippen molar-refractivity contribution in [1.82, 2.24) is 9.78 Å². The van der Waals surface area contributed by atoms with Gasteiger partial charge in [-0.15, -0.1) is 0 Å². The molecule has 0 bridgehead atoms. The van der Waals surface area contributed by atoms with E-state index < -0.39 is 0 Å². The van der Waals surface area contributed by atoms with Gasteiger partial charge in [0.25, 0.3) is 5.91 Å². The lowest BCUT2D eigenvalue weighted by Gasteiger charge is -2.08. The van der Waals surface area contributed by atoms with Crippen molar-refractivity contribution in [3.63, 3.8) is 0 Å². The molecule has 0 aliphatic carbocycles. The van der Waals surface area contributed by atoms with E-state index in [4.69, 9.17) is 4.74 Å². The van der Waals surface area contributed by atoms with Crippen LogP contribution in [0.15, 0.2) is 24.3 Å². The van der Waals surface area contributed by atoms with Crippen molar-refractivity contribution in [2.75, 3.05) is 19.0 Å². The highest BCUT2D eigenvalue weighted by atomic mass is 16.5. The molecule has 1 N–H and O–H groups in total. The number of anilines is 1. The number of methoxy groups -OCH3 is 1. The number of hydrogen-bond donors (Lipinski definition) is 1. The molecule has 0 unspecified atom stereocenters. The summed E-state index contributed by atoms with van der Waals surface area (Å²) in [6.45, 7) is 8.57. The number of aromatic nitrogens is 2. The minimum Gasteiger partial charge on any atom is -0.497 e. The molecule has 1 aromatic heterocycles. The molecule has 0 aliphatic rings. The highest BCUT2D eigenvalue weighted by molar-refractivity contribution is 5.83. The molecule has 5 nitrogen and oxygen atoms in total. The molecule has 5 heteroatoms. The van der Waals surface area contributed by atoms with Crippen LogP contribution in [0.3, 0.4) is 0 Å². The molecule has 0 saturated carbocycles. The molecule has 0 radical (unpaired) electrons. The lowest BCUT2D eigenvalue weighted by Crippen LogP contribution is -2.23. The highest BCUT2D eigenvalue weighted by Gasteiger charge is 2.16. The zero-order valence-corrected chi connectivity index (χ0v) is 15.2. The van der Waals surface area contributed by atoms with Gasteiger partial charge in [-0.1, -0.05) is 13.8 Å². The third-order valence-electron chi connectivity index (χ3n) is 4.18. The second-order valence-electron chi connectivity index (χ2n) is 6.47. The van der Waals surface area contributed by atoms with Gasteiger partial charge in [-0.05, 0) is 62.4 Å². The monoisotopic (exact) mass is 329 g/mol. The summed E-state index contributed by atoms with van der Waals surface area (Å²) < 4.78 is 6.66. The maximum Gasteiger partial charge on any atom is 0.266 e. The van der Waals surface area contributed by atoms with Gasteiger partial charge in [-0.3, -0.25) is 4.79 Å². The number of nitrogens with zero attached hydrogens (tertiary/aromatic N) is 2. The van der Waals surface area contributed by atoms with E-state index in [1.807, 2.05) is 38.1 Å². The number of rotatable bonds is 7. The first-order valence-corrected chi connectivity index (χ1v) is 8.38. The number of aryl methyl sites for hydroxylation is 1. The largest absolute Gasteiger partial charge is 0.497 e. The van der Waals surface area contributed by atoms with E-state index in [1.165, 1.54) is 10.2 Å². The van der Waals surface area contributed by atoms with Crippen LogP contribution in [0.25, 0.3) is 0 Å². The minimum absolute atomic E-state index is 0.0535. The Morgan fingerprint density at radius 2 is 1.92 bits per heavy atom. The van der Waals surface area contributed by atoms with E-state index in [9.17, 15) is 4.79 Å². The quantitative estimate of drug-likeness (QED) is 0.838. The number of nitrogens with one attached hydrogen (secondary N) is 1. The fraction of sp³-hybridized carbons (Fsp3) is 0.474. The minimum atomic E-state index is -0.0535. The Kier molecular flexibility index (Phi) is 6.01. The molecular formula is C19H27N3O2. The predicted molar refractivity (Wildman–Crippen MR) is 97.0 cm³/mol. The first-order chi connectivity index (χ1) is 11.4. The third-order valence-corrected chi connectivity index (χ3v) is 4.18. The van der Waals surface area contributed by atoms with Crippen LogP contribution in [-0.2, 0) is 6.42 Å². The van der Waals surface area contributed by atoms with Crippen molar-refractivity contribution >= 4 is 11.6 Å². The Bertz CT molecular complexity index is 687. The Hall–Kier alpha value is -2.30. The van der Waals surface area contributed by atoms with Crippen molar-refractivity contribution in [2.24, 2.45) is 5.92 Å². The molecule has 1 aromatic carbocycles. The molecule has 0 saturated heterocycles. The van der Waals surface area contributed by atoms with E-state index in [0.29, 0.717) is 5.92 Å². The van der Waals surface area contributed by atoms with E-state index in [-0.39, 0.29) is 12.5 Å². The summed E-state index contributed by atoms with van der Waals surface area (Å²) in [5.41, 5.74) is 3.98. The number of hydrogen-bond acceptors (Lipinski definition) is 4. The molecule has 2 rings (SSSR count). The summed E-state index contributed by atoms with van der Waals surface area (Å²) in [6.07, 6.45) is 2.07. The fourth-order valence-electron chi connectivity index (χ4n) is 2.67. The van der Waals surface area contributed by atoms with Crippen molar-refractivity contribution < 1.29 is 9.53 Å². The Morgan fingerprint density at radius 1 is 1.25 bits per heavy atom. The van der Waals surface area contributed by atoms with Crippen LogP contribution in [0.1, 0.15) is 42.0 Å². The molecule has 0 amide bonds. The average Bonchev–Trinajstić information content (AvgIpc) is 2.85. The van der Waals surface area contributed by atoms with Crippen LogP contribution < -0.4 is 10.1 Å². The van der Waals surface area contributed by atoms with Crippen molar-refractivity contribution in [1.29, 1.82) is 0 Å². The van der Waals surface area contributed by atoms with Crippen LogP contribution >= 0.6 is 0 Å². The molecule has 0 aliphatic heterocycles. The smallest absolute Gasteiger partial charge is 0.266 e. The average molecular weight is 329 g/mol. The maximum atomic E-state index is 12.5. The maximum absolute atomic E-state index is 12.5. The summed E-state index contributed by atoms with van der Waals surface area (Å²) in [7, 11) is 1.63. The van der Waals surface area contributed by atoms with Crippen molar-refractivity contribution in [3.05, 3.63) is 41.2 Å². The van der Waals surface area contributed by atoms with Crippen LogP contribution in [0.2, 0.25) is 0 Å². The second kappa shape index (κ2) is 7.99. The first kappa shape index (κ1) is 18.0. The zero-order valence-electron chi connectivity index (χ0n) is 15.2. The van der Waals surface area contributed by atoms with Gasteiger partial charge in [0.05, 0.1) is 19.3 Å².